The number of nitrogens with one attached hydrogen (secondary N) is 1. The van der Waals surface area contributed by atoms with E-state index in [0.29, 0.717) is 6.07 Å². The molecule has 2 aromatic heterocycles. The van der Waals surface area contributed by atoms with Crippen molar-refractivity contribution in [3.8, 4) is 17.4 Å². The summed E-state index contributed by atoms with van der Waals surface area (Å²) < 4.78 is 62.8. The highest BCUT2D eigenvalue weighted by Gasteiger charge is 2.35. The van der Waals surface area contributed by atoms with Crippen molar-refractivity contribution in [2.75, 3.05) is 12.4 Å². The number of hydrogen-bond donors (Lipinski definition) is 1. The highest BCUT2D eigenvalue weighted by atomic mass is 19.4. The summed E-state index contributed by atoms with van der Waals surface area (Å²) in [7, 11) is 1.22. The summed E-state index contributed by atoms with van der Waals surface area (Å²) in [6.07, 6.45) is -2.92. The molecule has 0 aliphatic carbocycles. The number of nitrogens with zero attached hydrogens (tertiary/aromatic N) is 4. The number of aromatic nitrogens is 4. The minimum atomic E-state index is -4.89. The zero-order valence-corrected chi connectivity index (χ0v) is 15.0. The molecule has 1 N–H and O–H groups in total. The summed E-state index contributed by atoms with van der Waals surface area (Å²) in [6, 6.07) is 4.79. The summed E-state index contributed by atoms with van der Waals surface area (Å²) in [5.74, 6) is -2.54. The van der Waals surface area contributed by atoms with Crippen molar-refractivity contribution in [1.29, 1.82) is 0 Å². The van der Waals surface area contributed by atoms with Gasteiger partial charge in [-0.15, -0.1) is 10.2 Å². The Bertz CT molecular complexity index is 1090. The normalized spacial score (nSPS) is 11.1. The first kappa shape index (κ1) is 20.7. The van der Waals surface area contributed by atoms with Crippen LogP contribution in [0.15, 0.2) is 42.7 Å². The van der Waals surface area contributed by atoms with Gasteiger partial charge in [-0.05, 0) is 24.3 Å². The van der Waals surface area contributed by atoms with Gasteiger partial charge in [0.05, 0.1) is 13.3 Å². The summed E-state index contributed by atoms with van der Waals surface area (Å²) in [5.41, 5.74) is -2.13. The molecule has 9 nitrogen and oxygen atoms in total. The molecule has 2 heterocycles. The average molecular weight is 425 g/mol. The predicted molar refractivity (Wildman–Crippen MR) is 91.2 cm³/mol. The lowest BCUT2D eigenvalue weighted by molar-refractivity contribution is -0.668. The second-order valence-electron chi connectivity index (χ2n) is 5.62. The van der Waals surface area contributed by atoms with Crippen LogP contribution in [0.25, 0.3) is 0 Å². The molecular weight excluding hydrogens is 414 g/mol. The van der Waals surface area contributed by atoms with Gasteiger partial charge in [0, 0.05) is 11.2 Å². The van der Waals surface area contributed by atoms with Crippen LogP contribution in [-0.4, -0.2) is 28.3 Å². The zero-order valence-electron chi connectivity index (χ0n) is 15.0. The van der Waals surface area contributed by atoms with Gasteiger partial charge in [-0.1, -0.05) is 4.85 Å². The Hall–Kier alpha value is -4.03. The SMILES string of the molecule is COc1cc(F)ccc1Oc1nnc(C(F)(F)F)cc1C(=O)Nc1ccn[n+]([O-])c1. The number of amides is 1. The van der Waals surface area contributed by atoms with Crippen LogP contribution in [0.2, 0.25) is 0 Å². The number of halogens is 4. The van der Waals surface area contributed by atoms with Crippen LogP contribution in [0.4, 0.5) is 23.2 Å². The van der Waals surface area contributed by atoms with E-state index in [4.69, 9.17) is 9.47 Å². The number of hydrogen-bond acceptors (Lipinski definition) is 7. The summed E-state index contributed by atoms with van der Waals surface area (Å²) in [6.45, 7) is 0. The quantitative estimate of drug-likeness (QED) is 0.380. The smallest absolute Gasteiger partial charge is 0.435 e. The van der Waals surface area contributed by atoms with Gasteiger partial charge >= 0.3 is 6.18 Å². The second kappa shape index (κ2) is 8.14. The lowest BCUT2D eigenvalue weighted by Gasteiger charge is -2.13. The van der Waals surface area contributed by atoms with E-state index in [9.17, 15) is 27.6 Å². The van der Waals surface area contributed by atoms with E-state index in [1.54, 1.807) is 0 Å². The number of anilines is 1. The third kappa shape index (κ3) is 4.68. The molecule has 0 saturated carbocycles. The van der Waals surface area contributed by atoms with Crippen LogP contribution in [0.1, 0.15) is 16.1 Å². The first-order valence-corrected chi connectivity index (χ1v) is 8.00. The van der Waals surface area contributed by atoms with Gasteiger partial charge in [0.15, 0.2) is 17.2 Å². The van der Waals surface area contributed by atoms with Gasteiger partial charge < -0.3 is 20.0 Å². The van der Waals surface area contributed by atoms with Gasteiger partial charge in [0.2, 0.25) is 6.20 Å². The molecule has 3 aromatic rings. The molecule has 1 amide bonds. The van der Waals surface area contributed by atoms with Gasteiger partial charge in [-0.3, -0.25) is 4.79 Å². The van der Waals surface area contributed by atoms with Gasteiger partial charge in [-0.25, -0.2) is 4.39 Å². The van der Waals surface area contributed by atoms with Crippen LogP contribution in [0.5, 0.6) is 17.4 Å². The monoisotopic (exact) mass is 425 g/mol. The maximum absolute atomic E-state index is 13.4. The lowest BCUT2D eigenvalue weighted by Crippen LogP contribution is -2.30. The van der Waals surface area contributed by atoms with Gasteiger partial charge in [0.25, 0.3) is 11.8 Å². The molecule has 0 aliphatic rings. The number of carbonyl (C=O) groups is 1. The standard InChI is InChI=1S/C17H11F4N5O4/c1-29-13-6-9(18)2-3-12(13)30-16-11(7-14(24-25-16)17(19,20)21)15(27)23-10-4-5-22-26(28)8-10/h2-8H,1H3,(H,23,27). The first-order valence-electron chi connectivity index (χ1n) is 8.00. The third-order valence-corrected chi connectivity index (χ3v) is 3.57. The largest absolute Gasteiger partial charge is 0.594 e. The van der Waals surface area contributed by atoms with Crippen LogP contribution in [0, 0.1) is 11.0 Å². The van der Waals surface area contributed by atoms with Crippen LogP contribution in [0.3, 0.4) is 0 Å². The fourth-order valence-electron chi connectivity index (χ4n) is 2.23. The Kier molecular flexibility index (Phi) is 5.62. The first-order chi connectivity index (χ1) is 14.2. The fourth-order valence-corrected chi connectivity index (χ4v) is 2.23. The number of benzene rings is 1. The fraction of sp³-hybridized carbons (Fsp3) is 0.118. The molecule has 0 bridgehead atoms. The predicted octanol–water partition coefficient (Wildman–Crippen LogP) is 2.72. The van der Waals surface area contributed by atoms with E-state index in [2.05, 4.69) is 20.6 Å². The number of methoxy groups -OCH3 is 1. The zero-order chi connectivity index (χ0) is 21.9. The molecule has 13 heteroatoms. The summed E-state index contributed by atoms with van der Waals surface area (Å²) in [4.78, 5) is 12.7. The number of ether oxygens (including phenoxy) is 2. The van der Waals surface area contributed by atoms with E-state index in [0.717, 1.165) is 30.6 Å². The van der Waals surface area contributed by atoms with Gasteiger partial charge in [-0.2, -0.15) is 13.2 Å². The molecule has 3 rings (SSSR count). The Labute approximate surface area is 165 Å². The number of carbonyl (C=O) groups excluding carboxylic acids is 1. The Balaban J connectivity index is 2.01. The van der Waals surface area contributed by atoms with Crippen molar-refractivity contribution >= 4 is 11.6 Å². The molecule has 0 atom stereocenters. The van der Waals surface area contributed by atoms with Crippen molar-refractivity contribution in [2.24, 2.45) is 0 Å². The molecular formula is C17H11F4N5O4. The van der Waals surface area contributed by atoms with E-state index < -0.39 is 35.0 Å². The maximum Gasteiger partial charge on any atom is 0.435 e. The van der Waals surface area contributed by atoms with E-state index in [1.165, 1.54) is 13.2 Å². The van der Waals surface area contributed by atoms with Crippen LogP contribution < -0.4 is 19.6 Å². The average Bonchev–Trinajstić information content (AvgIpc) is 2.68. The molecule has 0 fully saturated rings. The van der Waals surface area contributed by atoms with E-state index >= 15 is 0 Å². The Morgan fingerprint density at radius 3 is 2.60 bits per heavy atom. The van der Waals surface area contributed by atoms with Crippen molar-refractivity contribution in [3.05, 3.63) is 65.0 Å². The minimum absolute atomic E-state index is 0.0410. The van der Waals surface area contributed by atoms with E-state index in [1.807, 2.05) is 0 Å². The molecule has 1 aromatic carbocycles. The van der Waals surface area contributed by atoms with Crippen molar-refractivity contribution in [2.45, 2.75) is 6.18 Å². The Morgan fingerprint density at radius 1 is 1.17 bits per heavy atom. The topological polar surface area (TPSA) is 113 Å². The summed E-state index contributed by atoms with van der Waals surface area (Å²) >= 11 is 0. The molecule has 0 spiro atoms. The second-order valence-corrected chi connectivity index (χ2v) is 5.62. The van der Waals surface area contributed by atoms with Crippen molar-refractivity contribution in [1.82, 2.24) is 15.3 Å². The third-order valence-electron chi connectivity index (χ3n) is 3.57. The summed E-state index contributed by atoms with van der Waals surface area (Å²) in [5, 5.41) is 23.1. The molecule has 0 saturated heterocycles. The van der Waals surface area contributed by atoms with Crippen LogP contribution >= 0.6 is 0 Å². The molecule has 0 unspecified atom stereocenters. The molecule has 156 valence electrons. The Morgan fingerprint density at radius 2 is 1.93 bits per heavy atom. The van der Waals surface area contributed by atoms with Gasteiger partial charge in [0.1, 0.15) is 17.1 Å². The number of rotatable bonds is 5. The highest BCUT2D eigenvalue weighted by Crippen LogP contribution is 2.34. The van der Waals surface area contributed by atoms with E-state index in [-0.39, 0.29) is 22.0 Å². The van der Waals surface area contributed by atoms with Crippen molar-refractivity contribution in [3.63, 3.8) is 0 Å². The lowest BCUT2D eigenvalue weighted by atomic mass is 10.2. The maximum atomic E-state index is 13.4. The molecule has 0 aliphatic heterocycles. The number of alkyl halides is 3. The molecule has 30 heavy (non-hydrogen) atoms. The van der Waals surface area contributed by atoms with Crippen LogP contribution in [-0.2, 0) is 6.18 Å². The minimum Gasteiger partial charge on any atom is -0.594 e. The van der Waals surface area contributed by atoms with Crippen molar-refractivity contribution < 1.29 is 36.7 Å². The molecule has 0 radical (unpaired) electrons. The highest BCUT2D eigenvalue weighted by molar-refractivity contribution is 6.05.